The van der Waals surface area contributed by atoms with Crippen molar-refractivity contribution in [1.82, 2.24) is 15.3 Å². The molecule has 0 fully saturated rings. The Morgan fingerprint density at radius 2 is 2.12 bits per heavy atom. The summed E-state index contributed by atoms with van der Waals surface area (Å²) in [5, 5.41) is 7.75. The highest BCUT2D eigenvalue weighted by Crippen LogP contribution is 2.09. The molecule has 0 atom stereocenters. The Morgan fingerprint density at radius 3 is 2.81 bits per heavy atom. The number of thiazole rings is 1. The smallest absolute Gasteiger partial charge is 0.321 e. The number of carbonyl (C=O) groups is 1. The molecule has 0 spiro atoms. The lowest BCUT2D eigenvalue weighted by molar-refractivity contribution is 0.251. The standard InChI is InChI=1S/C10H10N4OS/c15-9(14-10-12-5-6-16-10)13-7-8-1-3-11-4-2-8/h1-6H,7H2,(H2,12,13,14,15). The molecule has 0 aliphatic carbocycles. The Balaban J connectivity index is 1.80. The van der Waals surface area contributed by atoms with Crippen LogP contribution < -0.4 is 10.6 Å². The molecule has 0 saturated carbocycles. The largest absolute Gasteiger partial charge is 0.334 e. The van der Waals surface area contributed by atoms with E-state index in [2.05, 4.69) is 20.6 Å². The molecule has 82 valence electrons. The Hall–Kier alpha value is -1.95. The predicted molar refractivity (Wildman–Crippen MR) is 62.2 cm³/mol. The van der Waals surface area contributed by atoms with Crippen LogP contribution in [0.25, 0.3) is 0 Å². The van der Waals surface area contributed by atoms with Gasteiger partial charge in [0.25, 0.3) is 0 Å². The maximum atomic E-state index is 11.4. The molecule has 16 heavy (non-hydrogen) atoms. The van der Waals surface area contributed by atoms with Gasteiger partial charge in [-0.25, -0.2) is 9.78 Å². The van der Waals surface area contributed by atoms with Gasteiger partial charge in [0, 0.05) is 30.5 Å². The van der Waals surface area contributed by atoms with Crippen molar-refractivity contribution >= 4 is 22.5 Å². The van der Waals surface area contributed by atoms with Crippen LogP contribution in [0.5, 0.6) is 0 Å². The molecular formula is C10H10N4OS. The highest BCUT2D eigenvalue weighted by atomic mass is 32.1. The highest BCUT2D eigenvalue weighted by Gasteiger charge is 2.02. The average Bonchev–Trinajstić information content (AvgIpc) is 2.81. The van der Waals surface area contributed by atoms with E-state index in [9.17, 15) is 4.79 Å². The number of carbonyl (C=O) groups excluding carboxylic acids is 1. The molecule has 2 amide bonds. The maximum absolute atomic E-state index is 11.4. The Morgan fingerprint density at radius 1 is 1.31 bits per heavy atom. The van der Waals surface area contributed by atoms with Crippen molar-refractivity contribution < 1.29 is 4.79 Å². The maximum Gasteiger partial charge on any atom is 0.321 e. The van der Waals surface area contributed by atoms with Crippen LogP contribution >= 0.6 is 11.3 Å². The lowest BCUT2D eigenvalue weighted by Gasteiger charge is -2.04. The van der Waals surface area contributed by atoms with E-state index in [0.717, 1.165) is 5.56 Å². The summed E-state index contributed by atoms with van der Waals surface area (Å²) in [6.07, 6.45) is 5.02. The van der Waals surface area contributed by atoms with E-state index in [1.54, 1.807) is 24.0 Å². The third-order valence-corrected chi connectivity index (χ3v) is 2.54. The fraction of sp³-hybridized carbons (Fsp3) is 0.100. The number of anilines is 1. The van der Waals surface area contributed by atoms with Gasteiger partial charge in [0.2, 0.25) is 0 Å². The van der Waals surface area contributed by atoms with E-state index in [4.69, 9.17) is 0 Å². The fourth-order valence-corrected chi connectivity index (χ4v) is 1.63. The molecule has 0 bridgehead atoms. The molecule has 2 heterocycles. The normalized spacial score (nSPS) is 9.75. The fourth-order valence-electron chi connectivity index (χ4n) is 1.11. The van der Waals surface area contributed by atoms with E-state index in [1.807, 2.05) is 12.1 Å². The summed E-state index contributed by atoms with van der Waals surface area (Å²) in [5.41, 5.74) is 1.00. The molecule has 0 aliphatic heterocycles. The van der Waals surface area contributed by atoms with Crippen molar-refractivity contribution in [3.63, 3.8) is 0 Å². The molecule has 2 aromatic rings. The number of hydrogen-bond donors (Lipinski definition) is 2. The average molecular weight is 234 g/mol. The molecule has 0 saturated heterocycles. The summed E-state index contributed by atoms with van der Waals surface area (Å²) >= 11 is 1.38. The van der Waals surface area contributed by atoms with Crippen LogP contribution in [0.2, 0.25) is 0 Å². The number of amides is 2. The summed E-state index contributed by atoms with van der Waals surface area (Å²) < 4.78 is 0. The highest BCUT2D eigenvalue weighted by molar-refractivity contribution is 7.13. The lowest BCUT2D eigenvalue weighted by Crippen LogP contribution is -2.28. The van der Waals surface area contributed by atoms with Gasteiger partial charge in [-0.3, -0.25) is 10.3 Å². The minimum absolute atomic E-state index is 0.258. The van der Waals surface area contributed by atoms with Crippen LogP contribution in [-0.4, -0.2) is 16.0 Å². The number of nitrogens with zero attached hydrogens (tertiary/aromatic N) is 2. The molecule has 2 N–H and O–H groups in total. The second-order valence-electron chi connectivity index (χ2n) is 3.00. The Labute approximate surface area is 96.6 Å². The summed E-state index contributed by atoms with van der Waals surface area (Å²) in [4.78, 5) is 19.3. The first kappa shape index (κ1) is 10.6. The molecule has 5 nitrogen and oxygen atoms in total. The van der Waals surface area contributed by atoms with Crippen LogP contribution in [0.15, 0.2) is 36.1 Å². The molecule has 2 aromatic heterocycles. The number of aromatic nitrogens is 2. The van der Waals surface area contributed by atoms with Gasteiger partial charge in [0.05, 0.1) is 0 Å². The van der Waals surface area contributed by atoms with Crippen molar-refractivity contribution in [2.75, 3.05) is 5.32 Å². The summed E-state index contributed by atoms with van der Waals surface area (Å²) in [6.45, 7) is 0.472. The number of pyridine rings is 1. The van der Waals surface area contributed by atoms with Gasteiger partial charge in [0.15, 0.2) is 5.13 Å². The number of nitrogens with one attached hydrogen (secondary N) is 2. The van der Waals surface area contributed by atoms with E-state index in [0.29, 0.717) is 11.7 Å². The van der Waals surface area contributed by atoms with Crippen molar-refractivity contribution in [3.05, 3.63) is 41.7 Å². The second-order valence-corrected chi connectivity index (χ2v) is 3.89. The van der Waals surface area contributed by atoms with Gasteiger partial charge >= 0.3 is 6.03 Å². The van der Waals surface area contributed by atoms with Crippen molar-refractivity contribution in [3.8, 4) is 0 Å². The zero-order valence-corrected chi connectivity index (χ0v) is 9.20. The molecule has 6 heteroatoms. The third kappa shape index (κ3) is 3.03. The number of rotatable bonds is 3. The first-order chi connectivity index (χ1) is 7.84. The van der Waals surface area contributed by atoms with Crippen LogP contribution in [0.1, 0.15) is 5.56 Å². The molecule has 0 aliphatic rings. The summed E-state index contributed by atoms with van der Waals surface area (Å²) in [7, 11) is 0. The minimum atomic E-state index is -0.258. The van der Waals surface area contributed by atoms with E-state index < -0.39 is 0 Å². The number of hydrogen-bond acceptors (Lipinski definition) is 4. The van der Waals surface area contributed by atoms with Gasteiger partial charge in [-0.15, -0.1) is 11.3 Å². The van der Waals surface area contributed by atoms with E-state index >= 15 is 0 Å². The van der Waals surface area contributed by atoms with Crippen LogP contribution in [0.4, 0.5) is 9.93 Å². The zero-order chi connectivity index (χ0) is 11.2. The molecule has 0 unspecified atom stereocenters. The second kappa shape index (κ2) is 5.22. The Bertz CT molecular complexity index is 443. The van der Waals surface area contributed by atoms with Gasteiger partial charge in [-0.2, -0.15) is 0 Å². The van der Waals surface area contributed by atoms with Crippen molar-refractivity contribution in [2.45, 2.75) is 6.54 Å². The van der Waals surface area contributed by atoms with Crippen LogP contribution in [0.3, 0.4) is 0 Å². The van der Waals surface area contributed by atoms with Crippen molar-refractivity contribution in [2.24, 2.45) is 0 Å². The third-order valence-electron chi connectivity index (χ3n) is 1.86. The monoisotopic (exact) mass is 234 g/mol. The summed E-state index contributed by atoms with van der Waals surface area (Å²) in [5.74, 6) is 0. The zero-order valence-electron chi connectivity index (χ0n) is 8.38. The van der Waals surface area contributed by atoms with E-state index in [-0.39, 0.29) is 6.03 Å². The molecule has 0 radical (unpaired) electrons. The lowest BCUT2D eigenvalue weighted by atomic mass is 10.3. The van der Waals surface area contributed by atoms with Gasteiger partial charge in [0.1, 0.15) is 0 Å². The van der Waals surface area contributed by atoms with Gasteiger partial charge in [-0.1, -0.05) is 0 Å². The first-order valence-electron chi connectivity index (χ1n) is 4.68. The molecule has 0 aromatic carbocycles. The minimum Gasteiger partial charge on any atom is -0.334 e. The molecule has 2 rings (SSSR count). The van der Waals surface area contributed by atoms with E-state index in [1.165, 1.54) is 11.3 Å². The van der Waals surface area contributed by atoms with Crippen LogP contribution in [-0.2, 0) is 6.54 Å². The van der Waals surface area contributed by atoms with Crippen LogP contribution in [0, 0.1) is 0 Å². The first-order valence-corrected chi connectivity index (χ1v) is 5.56. The van der Waals surface area contributed by atoms with Crippen molar-refractivity contribution in [1.29, 1.82) is 0 Å². The Kier molecular flexibility index (Phi) is 3.45. The number of urea groups is 1. The summed E-state index contributed by atoms with van der Waals surface area (Å²) in [6, 6.07) is 3.44. The van der Waals surface area contributed by atoms with Gasteiger partial charge < -0.3 is 5.32 Å². The predicted octanol–water partition coefficient (Wildman–Crippen LogP) is 1.86. The SMILES string of the molecule is O=C(NCc1ccncc1)Nc1nccs1. The quantitative estimate of drug-likeness (QED) is 0.851. The van der Waals surface area contributed by atoms with Gasteiger partial charge in [-0.05, 0) is 17.7 Å². The molecular weight excluding hydrogens is 224 g/mol. The topological polar surface area (TPSA) is 66.9 Å².